The van der Waals surface area contributed by atoms with Crippen LogP contribution in [0.2, 0.25) is 0 Å². The molecule has 0 aliphatic carbocycles. The van der Waals surface area contributed by atoms with Crippen LogP contribution in [0.25, 0.3) is 0 Å². The number of nitrogens with one attached hydrogen (secondary N) is 2. The quantitative estimate of drug-likeness (QED) is 0.0881. The lowest BCUT2D eigenvalue weighted by molar-refractivity contribution is -0.352. The first-order valence-corrected chi connectivity index (χ1v) is 16.4. The van der Waals surface area contributed by atoms with E-state index in [0.29, 0.717) is 0 Å². The molecule has 296 valence electrons. The summed E-state index contributed by atoms with van der Waals surface area (Å²) in [5, 5.41) is 119. The first-order chi connectivity index (χ1) is 24.0. The Morgan fingerprint density at radius 1 is 0.529 bits per heavy atom. The molecule has 0 spiro atoms. The molecule has 0 bridgehead atoms. The van der Waals surface area contributed by atoms with Crippen LogP contribution in [0.15, 0.2) is 0 Å². The molecule has 0 aromatic rings. The van der Waals surface area contributed by atoms with Gasteiger partial charge in [0.05, 0.1) is 38.6 Å². The maximum atomic E-state index is 12.2. The van der Waals surface area contributed by atoms with Crippen LogP contribution in [-0.4, -0.2) is 217 Å². The van der Waals surface area contributed by atoms with Crippen molar-refractivity contribution in [2.45, 2.75) is 143 Å². The second-order valence-electron chi connectivity index (χ2n) is 13.0. The van der Waals surface area contributed by atoms with Crippen LogP contribution in [-0.2, 0) is 42.7 Å². The molecule has 13 N–H and O–H groups in total. The third-order valence-corrected chi connectivity index (χ3v) is 9.26. The number of carbonyl (C=O) groups excluding carboxylic acids is 2. The number of hydrogen-bond acceptors (Lipinski definition) is 20. The fourth-order valence-corrected chi connectivity index (χ4v) is 6.49. The number of rotatable bonds is 12. The second-order valence-corrected chi connectivity index (χ2v) is 13.0. The Bertz CT molecular complexity index is 1140. The van der Waals surface area contributed by atoms with Crippen molar-refractivity contribution in [2.75, 3.05) is 26.4 Å². The van der Waals surface area contributed by atoms with Gasteiger partial charge in [0.2, 0.25) is 11.8 Å². The van der Waals surface area contributed by atoms with Crippen LogP contribution in [0.1, 0.15) is 20.8 Å². The molecule has 4 rings (SSSR count). The first kappa shape index (κ1) is 42.0. The summed E-state index contributed by atoms with van der Waals surface area (Å²) in [6.07, 6.45) is -28.4. The second kappa shape index (κ2) is 18.0. The van der Waals surface area contributed by atoms with E-state index in [1.165, 1.54) is 13.8 Å². The number of ether oxygens (including phenoxy) is 7. The molecule has 22 heteroatoms. The minimum atomic E-state index is -1.87. The molecule has 20 atom stereocenters. The summed E-state index contributed by atoms with van der Waals surface area (Å²) in [5.41, 5.74) is 0. The molecular weight excluding hydrogens is 696 g/mol. The third kappa shape index (κ3) is 9.30. The Labute approximate surface area is 291 Å². The predicted octanol–water partition coefficient (Wildman–Crippen LogP) is -8.39. The first-order valence-electron chi connectivity index (χ1n) is 16.4. The number of aliphatic hydroxyl groups excluding tert-OH is 11. The highest BCUT2D eigenvalue weighted by Crippen LogP contribution is 2.32. The van der Waals surface area contributed by atoms with Gasteiger partial charge in [-0.3, -0.25) is 9.59 Å². The maximum Gasteiger partial charge on any atom is 0.217 e. The highest BCUT2D eigenvalue weighted by molar-refractivity contribution is 5.73. The zero-order valence-corrected chi connectivity index (χ0v) is 28.0. The zero-order valence-electron chi connectivity index (χ0n) is 28.0. The third-order valence-electron chi connectivity index (χ3n) is 9.26. The lowest BCUT2D eigenvalue weighted by Crippen LogP contribution is -2.68. The molecule has 0 aromatic heterocycles. The van der Waals surface area contributed by atoms with Gasteiger partial charge in [0, 0.05) is 13.8 Å². The fourth-order valence-electron chi connectivity index (χ4n) is 6.49. The van der Waals surface area contributed by atoms with Gasteiger partial charge in [-0.25, -0.2) is 0 Å². The average Bonchev–Trinajstić information content (AvgIpc) is 3.08. The van der Waals surface area contributed by atoms with Crippen molar-refractivity contribution in [2.24, 2.45) is 0 Å². The van der Waals surface area contributed by atoms with Crippen LogP contribution in [0.3, 0.4) is 0 Å². The van der Waals surface area contributed by atoms with E-state index < -0.39 is 161 Å². The highest BCUT2D eigenvalue weighted by Gasteiger charge is 2.53. The Hall–Kier alpha value is -1.78. The molecule has 51 heavy (non-hydrogen) atoms. The minimum absolute atomic E-state index is 0.543. The summed E-state index contributed by atoms with van der Waals surface area (Å²) in [4.78, 5) is 24.2. The monoisotopic (exact) mass is 746 g/mol. The molecule has 22 nitrogen and oxygen atoms in total. The molecule has 0 saturated carbocycles. The normalized spacial score (nSPS) is 47.8. The smallest absolute Gasteiger partial charge is 0.217 e. The molecule has 4 saturated heterocycles. The van der Waals surface area contributed by atoms with Crippen LogP contribution in [0.4, 0.5) is 0 Å². The highest BCUT2D eigenvalue weighted by atomic mass is 16.7. The zero-order chi connectivity index (χ0) is 37.9. The summed E-state index contributed by atoms with van der Waals surface area (Å²) in [6.45, 7) is 0.945. The molecule has 4 aliphatic heterocycles. The van der Waals surface area contributed by atoms with Gasteiger partial charge in [-0.2, -0.15) is 0 Å². The van der Waals surface area contributed by atoms with Gasteiger partial charge in [-0.1, -0.05) is 0 Å². The molecule has 4 heterocycles. The largest absolute Gasteiger partial charge is 0.394 e. The molecule has 0 aromatic carbocycles. The maximum absolute atomic E-state index is 12.2. The van der Waals surface area contributed by atoms with Gasteiger partial charge in [0.1, 0.15) is 91.5 Å². The van der Waals surface area contributed by atoms with Crippen molar-refractivity contribution in [3.63, 3.8) is 0 Å². The Morgan fingerprint density at radius 2 is 0.980 bits per heavy atom. The lowest BCUT2D eigenvalue weighted by atomic mass is 9.92. The standard InChI is InChI=1S/C29H50N2O20/c1-8-15(30-9(2)35)26(51-29-24(44)22(42)18(38)12(5-33)48-29)19(39)14(46-8)7-45-27-16(31-10(3)36)20(40)25(13(6-34)49-27)50-28-23(43)21(41)17(37)11(4-32)47-28/h8,11-29,32-34,37-44H,4-7H2,1-3H3,(H,30,35)(H,31,36)/t8-,11?,12?,13?,14?,15?,16?,17-,18-,19-,20+,21-,22-,23?,24?,25-,26+,27+,28-,29-/m0/s1. The van der Waals surface area contributed by atoms with Crippen LogP contribution in [0, 0.1) is 0 Å². The van der Waals surface area contributed by atoms with Crippen molar-refractivity contribution in [3.8, 4) is 0 Å². The van der Waals surface area contributed by atoms with Crippen LogP contribution < -0.4 is 10.6 Å². The Morgan fingerprint density at radius 3 is 1.45 bits per heavy atom. The Balaban J connectivity index is 1.51. The van der Waals surface area contributed by atoms with E-state index in [-0.39, 0.29) is 0 Å². The Kier molecular flexibility index (Phi) is 14.8. The van der Waals surface area contributed by atoms with Crippen molar-refractivity contribution >= 4 is 11.8 Å². The molecule has 4 aliphatic rings. The van der Waals surface area contributed by atoms with Crippen molar-refractivity contribution in [1.82, 2.24) is 10.6 Å². The molecular formula is C29H50N2O20. The number of amides is 2. The van der Waals surface area contributed by atoms with Gasteiger partial charge in [-0.15, -0.1) is 0 Å². The summed E-state index contributed by atoms with van der Waals surface area (Å²) < 4.78 is 39.9. The molecule has 0 radical (unpaired) electrons. The van der Waals surface area contributed by atoms with E-state index in [1.54, 1.807) is 0 Å². The lowest BCUT2D eigenvalue weighted by Gasteiger charge is -2.48. The summed E-state index contributed by atoms with van der Waals surface area (Å²) in [5.74, 6) is -1.21. The molecule has 2 amide bonds. The van der Waals surface area contributed by atoms with Gasteiger partial charge in [0.15, 0.2) is 18.9 Å². The number of carbonyl (C=O) groups is 2. The van der Waals surface area contributed by atoms with Crippen LogP contribution >= 0.6 is 0 Å². The van der Waals surface area contributed by atoms with E-state index in [1.807, 2.05) is 0 Å². The molecule has 8 unspecified atom stereocenters. The van der Waals surface area contributed by atoms with Gasteiger partial charge >= 0.3 is 0 Å². The predicted molar refractivity (Wildman–Crippen MR) is 161 cm³/mol. The summed E-state index contributed by atoms with van der Waals surface area (Å²) in [7, 11) is 0. The molecule has 4 fully saturated rings. The summed E-state index contributed by atoms with van der Waals surface area (Å²) in [6, 6.07) is -2.51. The minimum Gasteiger partial charge on any atom is -0.394 e. The fraction of sp³-hybridized carbons (Fsp3) is 0.931. The van der Waals surface area contributed by atoms with E-state index in [2.05, 4.69) is 10.6 Å². The summed E-state index contributed by atoms with van der Waals surface area (Å²) >= 11 is 0. The van der Waals surface area contributed by atoms with E-state index in [4.69, 9.17) is 33.2 Å². The average molecular weight is 747 g/mol. The van der Waals surface area contributed by atoms with Crippen molar-refractivity contribution < 1.29 is 98.9 Å². The van der Waals surface area contributed by atoms with Crippen molar-refractivity contribution in [1.29, 1.82) is 0 Å². The number of hydrogen-bond donors (Lipinski definition) is 13. The van der Waals surface area contributed by atoms with E-state index >= 15 is 0 Å². The topological polar surface area (TPSA) is 345 Å². The van der Waals surface area contributed by atoms with Gasteiger partial charge in [-0.05, 0) is 6.92 Å². The van der Waals surface area contributed by atoms with Gasteiger partial charge < -0.3 is 100.0 Å². The van der Waals surface area contributed by atoms with E-state index in [0.717, 1.165) is 6.92 Å². The van der Waals surface area contributed by atoms with Crippen molar-refractivity contribution in [3.05, 3.63) is 0 Å². The SMILES string of the molecule is CC(=O)NC1[C@H](OCC2O[C@@H](C)C(NC(C)=O)[C@@H](O[C@@H]3OC(CO)[C@H](O)[C@H](O)C3O)[C@H]2O)OC(CO)[C@H](O[C@@H]2OC(CO)[C@H](O)[C@H](O)C2O)[C@@H]1O. The van der Waals surface area contributed by atoms with Crippen LogP contribution in [0.5, 0.6) is 0 Å². The van der Waals surface area contributed by atoms with E-state index in [9.17, 15) is 65.8 Å². The van der Waals surface area contributed by atoms with Gasteiger partial charge in [0.25, 0.3) is 0 Å². The number of aliphatic hydroxyl groups is 11.